The zero-order valence-electron chi connectivity index (χ0n) is 6.35. The van der Waals surface area contributed by atoms with Crippen LogP contribution in [0.5, 0.6) is 0 Å². The van der Waals surface area contributed by atoms with E-state index in [1.165, 1.54) is 0 Å². The summed E-state index contributed by atoms with van der Waals surface area (Å²) in [5.41, 5.74) is -0.0775. The third-order valence-electron chi connectivity index (χ3n) is 2.17. The van der Waals surface area contributed by atoms with Crippen LogP contribution < -0.4 is 5.32 Å². The van der Waals surface area contributed by atoms with Crippen molar-refractivity contribution in [2.45, 2.75) is 13.8 Å². The first kappa shape index (κ1) is 7.54. The van der Waals surface area contributed by atoms with Crippen molar-refractivity contribution in [3.63, 3.8) is 0 Å². The van der Waals surface area contributed by atoms with Crippen LogP contribution in [0.15, 0.2) is 0 Å². The Kier molecular flexibility index (Phi) is 1.68. The summed E-state index contributed by atoms with van der Waals surface area (Å²) in [4.78, 5) is 10.6. The SMILES string of the molecule is CC1(C)CNCC1C(=O)O. The summed E-state index contributed by atoms with van der Waals surface area (Å²) < 4.78 is 0. The van der Waals surface area contributed by atoms with Gasteiger partial charge < -0.3 is 10.4 Å². The quantitative estimate of drug-likeness (QED) is 0.555. The van der Waals surface area contributed by atoms with Crippen LogP contribution in [0.25, 0.3) is 0 Å². The molecule has 1 atom stereocenters. The highest BCUT2D eigenvalue weighted by molar-refractivity contribution is 5.71. The molecule has 1 fully saturated rings. The van der Waals surface area contributed by atoms with E-state index < -0.39 is 5.97 Å². The molecule has 58 valence electrons. The maximum atomic E-state index is 10.6. The number of aliphatic carboxylic acids is 1. The molecule has 0 aliphatic carbocycles. The van der Waals surface area contributed by atoms with Gasteiger partial charge in [-0.1, -0.05) is 13.8 Å². The first-order valence-corrected chi connectivity index (χ1v) is 3.47. The molecule has 0 bridgehead atoms. The highest BCUT2D eigenvalue weighted by Crippen LogP contribution is 2.29. The number of carboxylic acid groups (broad SMARTS) is 1. The summed E-state index contributed by atoms with van der Waals surface area (Å²) in [6, 6.07) is 0. The van der Waals surface area contributed by atoms with Gasteiger partial charge in [0.05, 0.1) is 5.92 Å². The molecule has 1 aliphatic heterocycles. The van der Waals surface area contributed by atoms with Gasteiger partial charge in [0.2, 0.25) is 0 Å². The number of hydrogen-bond acceptors (Lipinski definition) is 2. The van der Waals surface area contributed by atoms with Crippen LogP contribution in [0.2, 0.25) is 0 Å². The number of carboxylic acids is 1. The van der Waals surface area contributed by atoms with Crippen LogP contribution in [0.4, 0.5) is 0 Å². The molecule has 1 unspecified atom stereocenters. The van der Waals surface area contributed by atoms with Gasteiger partial charge in [-0.25, -0.2) is 0 Å². The van der Waals surface area contributed by atoms with Crippen LogP contribution in [-0.2, 0) is 4.79 Å². The lowest BCUT2D eigenvalue weighted by Crippen LogP contribution is -2.28. The van der Waals surface area contributed by atoms with Gasteiger partial charge in [-0.15, -0.1) is 0 Å². The van der Waals surface area contributed by atoms with Gasteiger partial charge in [0, 0.05) is 13.1 Å². The second kappa shape index (κ2) is 2.23. The minimum absolute atomic E-state index is 0.0775. The van der Waals surface area contributed by atoms with Crippen LogP contribution in [-0.4, -0.2) is 24.2 Å². The van der Waals surface area contributed by atoms with Crippen LogP contribution in [0, 0.1) is 11.3 Å². The van der Waals surface area contributed by atoms with Gasteiger partial charge in [0.25, 0.3) is 0 Å². The monoisotopic (exact) mass is 143 g/mol. The van der Waals surface area contributed by atoms with Crippen LogP contribution >= 0.6 is 0 Å². The van der Waals surface area contributed by atoms with Crippen LogP contribution in [0.3, 0.4) is 0 Å². The highest BCUT2D eigenvalue weighted by atomic mass is 16.4. The van der Waals surface area contributed by atoms with Gasteiger partial charge in [0.1, 0.15) is 0 Å². The maximum Gasteiger partial charge on any atom is 0.308 e. The molecule has 0 aromatic heterocycles. The lowest BCUT2D eigenvalue weighted by Gasteiger charge is -2.21. The summed E-state index contributed by atoms with van der Waals surface area (Å²) in [6.45, 7) is 5.38. The summed E-state index contributed by atoms with van der Waals surface area (Å²) in [7, 11) is 0. The number of carbonyl (C=O) groups is 1. The average Bonchev–Trinajstić information content (AvgIpc) is 2.08. The molecule has 0 radical (unpaired) electrons. The lowest BCUT2D eigenvalue weighted by molar-refractivity contribution is -0.143. The normalized spacial score (nSPS) is 30.4. The van der Waals surface area contributed by atoms with Crippen molar-refractivity contribution in [2.24, 2.45) is 11.3 Å². The first-order chi connectivity index (χ1) is 4.54. The van der Waals surface area contributed by atoms with E-state index in [1.54, 1.807) is 0 Å². The van der Waals surface area contributed by atoms with E-state index in [-0.39, 0.29) is 11.3 Å². The fraction of sp³-hybridized carbons (Fsp3) is 0.857. The molecule has 0 spiro atoms. The van der Waals surface area contributed by atoms with E-state index in [0.29, 0.717) is 6.54 Å². The zero-order chi connectivity index (χ0) is 7.78. The summed E-state index contributed by atoms with van der Waals surface area (Å²) in [5, 5.41) is 11.8. The van der Waals surface area contributed by atoms with Crippen molar-refractivity contribution < 1.29 is 9.90 Å². The van der Waals surface area contributed by atoms with E-state index in [9.17, 15) is 4.79 Å². The van der Waals surface area contributed by atoms with Gasteiger partial charge in [-0.05, 0) is 5.41 Å². The largest absolute Gasteiger partial charge is 0.481 e. The Morgan fingerprint density at radius 1 is 1.70 bits per heavy atom. The third-order valence-corrected chi connectivity index (χ3v) is 2.17. The number of rotatable bonds is 1. The standard InChI is InChI=1S/C7H13NO2/c1-7(2)4-8-3-5(7)6(9)10/h5,8H,3-4H2,1-2H3,(H,9,10). The Morgan fingerprint density at radius 2 is 2.30 bits per heavy atom. The highest BCUT2D eigenvalue weighted by Gasteiger charge is 2.39. The van der Waals surface area contributed by atoms with Crippen LogP contribution in [0.1, 0.15) is 13.8 Å². The fourth-order valence-corrected chi connectivity index (χ4v) is 1.36. The molecule has 0 aromatic carbocycles. The molecule has 3 heteroatoms. The second-order valence-electron chi connectivity index (χ2n) is 3.51. The van der Waals surface area contributed by atoms with Gasteiger partial charge in [-0.3, -0.25) is 4.79 Å². The molecule has 0 saturated carbocycles. The zero-order valence-corrected chi connectivity index (χ0v) is 6.35. The molecular formula is C7H13NO2. The third kappa shape index (κ3) is 1.14. The van der Waals surface area contributed by atoms with E-state index in [1.807, 2.05) is 13.8 Å². The van der Waals surface area contributed by atoms with Crippen molar-refractivity contribution in [1.29, 1.82) is 0 Å². The summed E-state index contributed by atoms with van der Waals surface area (Å²) in [5.74, 6) is -0.900. The minimum atomic E-state index is -0.685. The smallest absolute Gasteiger partial charge is 0.308 e. The van der Waals surface area contributed by atoms with E-state index in [0.717, 1.165) is 6.54 Å². The Hall–Kier alpha value is -0.570. The molecule has 1 aliphatic rings. The maximum absolute atomic E-state index is 10.6. The molecule has 0 amide bonds. The molecule has 1 rings (SSSR count). The predicted molar refractivity (Wildman–Crippen MR) is 37.8 cm³/mol. The lowest BCUT2D eigenvalue weighted by atomic mass is 9.82. The Morgan fingerprint density at radius 3 is 2.50 bits per heavy atom. The summed E-state index contributed by atoms with van der Waals surface area (Å²) >= 11 is 0. The van der Waals surface area contributed by atoms with Gasteiger partial charge in [-0.2, -0.15) is 0 Å². The van der Waals surface area contributed by atoms with E-state index >= 15 is 0 Å². The van der Waals surface area contributed by atoms with Gasteiger partial charge in [0.15, 0.2) is 0 Å². The molecule has 2 N–H and O–H groups in total. The van der Waals surface area contributed by atoms with Crippen molar-refractivity contribution >= 4 is 5.97 Å². The Bertz CT molecular complexity index is 154. The van der Waals surface area contributed by atoms with Gasteiger partial charge >= 0.3 is 5.97 Å². The second-order valence-corrected chi connectivity index (χ2v) is 3.51. The molecule has 3 nitrogen and oxygen atoms in total. The Labute approximate surface area is 60.4 Å². The fourth-order valence-electron chi connectivity index (χ4n) is 1.36. The minimum Gasteiger partial charge on any atom is -0.481 e. The Balaban J connectivity index is 2.68. The van der Waals surface area contributed by atoms with Crippen molar-refractivity contribution in [3.8, 4) is 0 Å². The van der Waals surface area contributed by atoms with Crippen molar-refractivity contribution in [2.75, 3.05) is 13.1 Å². The molecule has 10 heavy (non-hydrogen) atoms. The molecular weight excluding hydrogens is 130 g/mol. The number of nitrogens with one attached hydrogen (secondary N) is 1. The topological polar surface area (TPSA) is 49.3 Å². The average molecular weight is 143 g/mol. The van der Waals surface area contributed by atoms with E-state index in [4.69, 9.17) is 5.11 Å². The van der Waals surface area contributed by atoms with Crippen molar-refractivity contribution in [3.05, 3.63) is 0 Å². The molecule has 0 aromatic rings. The molecule has 1 heterocycles. The number of hydrogen-bond donors (Lipinski definition) is 2. The predicted octanol–water partition coefficient (Wildman–Crippen LogP) is 0.317. The van der Waals surface area contributed by atoms with Crippen molar-refractivity contribution in [1.82, 2.24) is 5.32 Å². The first-order valence-electron chi connectivity index (χ1n) is 3.47. The summed E-state index contributed by atoms with van der Waals surface area (Å²) in [6.07, 6.45) is 0. The van der Waals surface area contributed by atoms with E-state index in [2.05, 4.69) is 5.32 Å². The molecule has 1 saturated heterocycles.